The molecule has 32 heavy (non-hydrogen) atoms. The summed E-state index contributed by atoms with van der Waals surface area (Å²) in [4.78, 5) is 28.8. The number of hydrazine groups is 1. The summed E-state index contributed by atoms with van der Waals surface area (Å²) in [7, 11) is 0. The van der Waals surface area contributed by atoms with Crippen molar-refractivity contribution in [3.63, 3.8) is 0 Å². The third kappa shape index (κ3) is 5.66. The number of benzene rings is 1. The summed E-state index contributed by atoms with van der Waals surface area (Å²) in [5.74, 6) is -1.57. The molecule has 2 amide bonds. The number of halogens is 3. The third-order valence-corrected chi connectivity index (χ3v) is 6.01. The number of alkyl halides is 3. The number of aryl methyl sites for hydroxylation is 1. The fraction of sp³-hybridized carbons (Fsp3) is 0.143. The zero-order valence-electron chi connectivity index (χ0n) is 16.5. The molecule has 11 heteroatoms. The van der Waals surface area contributed by atoms with Gasteiger partial charge >= 0.3 is 6.18 Å². The van der Waals surface area contributed by atoms with Crippen LogP contribution < -0.4 is 10.9 Å². The van der Waals surface area contributed by atoms with E-state index in [1.807, 2.05) is 6.92 Å². The Morgan fingerprint density at radius 2 is 1.91 bits per heavy atom. The van der Waals surface area contributed by atoms with Crippen molar-refractivity contribution in [3.05, 3.63) is 70.1 Å². The highest BCUT2D eigenvalue weighted by Crippen LogP contribution is 2.38. The number of nitriles is 1. The Bertz CT molecular complexity index is 1170. The maximum atomic E-state index is 13.5. The van der Waals surface area contributed by atoms with E-state index in [0.29, 0.717) is 22.2 Å². The topological polar surface area (TPSA) is 94.9 Å². The number of carbonyl (C=O) groups excluding carboxylic acids is 2. The highest BCUT2D eigenvalue weighted by Gasteiger charge is 2.36. The van der Waals surface area contributed by atoms with Gasteiger partial charge in [0.15, 0.2) is 0 Å². The molecule has 0 fully saturated rings. The summed E-state index contributed by atoms with van der Waals surface area (Å²) in [5, 5.41) is 10.8. The molecule has 0 aliphatic heterocycles. The van der Waals surface area contributed by atoms with E-state index >= 15 is 0 Å². The van der Waals surface area contributed by atoms with Crippen molar-refractivity contribution in [3.8, 4) is 16.6 Å². The fourth-order valence-electron chi connectivity index (χ4n) is 2.58. The monoisotopic (exact) mass is 476 g/mol. The van der Waals surface area contributed by atoms with Gasteiger partial charge in [-0.05, 0) is 36.6 Å². The molecule has 0 saturated heterocycles. The smallest absolute Gasteiger partial charge is 0.272 e. The van der Waals surface area contributed by atoms with Crippen molar-refractivity contribution in [1.29, 1.82) is 5.26 Å². The van der Waals surface area contributed by atoms with E-state index in [2.05, 4.69) is 15.8 Å². The molecule has 0 aliphatic rings. The van der Waals surface area contributed by atoms with E-state index in [0.717, 1.165) is 11.6 Å². The number of pyridine rings is 1. The number of thiophene rings is 1. The van der Waals surface area contributed by atoms with Crippen LogP contribution in [-0.2, 0) is 11.0 Å². The highest BCUT2D eigenvalue weighted by molar-refractivity contribution is 8.00. The number of nitrogens with one attached hydrogen (secondary N) is 2. The molecule has 1 aromatic carbocycles. The molecule has 0 unspecified atom stereocenters. The SMILES string of the molecule is Cc1ccc(C(=O)NNC(=O)CSc2nc(-c3cccs3)cc(C(F)(F)F)c2C#N)cc1. The standard InChI is InChI=1S/C21H15F3N4O2S2/c1-12-4-6-13(7-5-12)19(30)28-27-18(29)11-32-20-14(10-25)15(21(22,23)24)9-16(26-20)17-3-2-8-31-17/h2-9H,11H2,1H3,(H,27,29)(H,28,30). The number of rotatable bonds is 5. The van der Waals surface area contributed by atoms with Gasteiger partial charge in [-0.1, -0.05) is 35.5 Å². The quantitative estimate of drug-likeness (QED) is 0.416. The minimum absolute atomic E-state index is 0.0573. The molecule has 164 valence electrons. The predicted octanol–water partition coefficient (Wildman–Crippen LogP) is 4.56. The maximum absolute atomic E-state index is 13.5. The molecule has 0 aliphatic carbocycles. The molecule has 2 aromatic heterocycles. The Morgan fingerprint density at radius 3 is 2.50 bits per heavy atom. The number of amides is 2. The summed E-state index contributed by atoms with van der Waals surface area (Å²) in [5.41, 5.74) is 4.02. The van der Waals surface area contributed by atoms with Crippen LogP contribution in [-0.4, -0.2) is 22.6 Å². The molecule has 6 nitrogen and oxygen atoms in total. The van der Waals surface area contributed by atoms with Gasteiger partial charge in [0, 0.05) is 5.56 Å². The van der Waals surface area contributed by atoms with Crippen LogP contribution in [0.25, 0.3) is 10.6 Å². The zero-order chi connectivity index (χ0) is 23.3. The largest absolute Gasteiger partial charge is 0.417 e. The number of carbonyl (C=O) groups is 2. The van der Waals surface area contributed by atoms with Crippen LogP contribution in [0.5, 0.6) is 0 Å². The predicted molar refractivity (Wildman–Crippen MR) is 115 cm³/mol. The molecule has 0 atom stereocenters. The Labute approximate surface area is 189 Å². The minimum atomic E-state index is -4.76. The summed E-state index contributed by atoms with van der Waals surface area (Å²) < 4.78 is 40.6. The average Bonchev–Trinajstić information content (AvgIpc) is 3.30. The van der Waals surface area contributed by atoms with Gasteiger partial charge in [-0.25, -0.2) is 4.98 Å². The van der Waals surface area contributed by atoms with Crippen molar-refractivity contribution in [1.82, 2.24) is 15.8 Å². The van der Waals surface area contributed by atoms with Crippen LogP contribution in [0.3, 0.4) is 0 Å². The van der Waals surface area contributed by atoms with E-state index in [1.165, 1.54) is 11.3 Å². The molecule has 2 heterocycles. The van der Waals surface area contributed by atoms with Gasteiger partial charge in [-0.2, -0.15) is 18.4 Å². The van der Waals surface area contributed by atoms with Gasteiger partial charge < -0.3 is 0 Å². The second-order valence-corrected chi connectivity index (χ2v) is 8.39. The first-order valence-corrected chi connectivity index (χ1v) is 10.9. The molecular formula is C21H15F3N4O2S2. The lowest BCUT2D eigenvalue weighted by Crippen LogP contribution is -2.42. The van der Waals surface area contributed by atoms with Crippen molar-refractivity contribution in [2.75, 3.05) is 5.75 Å². The number of hydrogen-bond donors (Lipinski definition) is 2. The Hall–Kier alpha value is -3.36. The van der Waals surface area contributed by atoms with Crippen molar-refractivity contribution in [2.24, 2.45) is 0 Å². The van der Waals surface area contributed by atoms with Gasteiger partial charge in [0.1, 0.15) is 11.1 Å². The first-order valence-electron chi connectivity index (χ1n) is 9.04. The van der Waals surface area contributed by atoms with Gasteiger partial charge in [0.2, 0.25) is 5.91 Å². The molecule has 3 rings (SSSR count). The Morgan fingerprint density at radius 1 is 1.19 bits per heavy atom. The van der Waals surface area contributed by atoms with E-state index in [4.69, 9.17) is 0 Å². The number of thioether (sulfide) groups is 1. The highest BCUT2D eigenvalue weighted by atomic mass is 32.2. The normalized spacial score (nSPS) is 11.0. The maximum Gasteiger partial charge on any atom is 0.417 e. The van der Waals surface area contributed by atoms with Crippen LogP contribution in [0.2, 0.25) is 0 Å². The third-order valence-electron chi connectivity index (χ3n) is 4.15. The summed E-state index contributed by atoms with van der Waals surface area (Å²) in [6, 6.07) is 12.3. The molecular weight excluding hydrogens is 461 g/mol. The number of hydrogen-bond acceptors (Lipinski definition) is 6. The van der Waals surface area contributed by atoms with E-state index in [9.17, 15) is 28.0 Å². The Balaban J connectivity index is 1.74. The lowest BCUT2D eigenvalue weighted by Gasteiger charge is -2.13. The summed E-state index contributed by atoms with van der Waals surface area (Å²) >= 11 is 1.88. The summed E-state index contributed by atoms with van der Waals surface area (Å²) in [6.45, 7) is 1.86. The number of aromatic nitrogens is 1. The first-order chi connectivity index (χ1) is 15.2. The molecule has 0 saturated carbocycles. The second kappa shape index (κ2) is 9.84. The van der Waals surface area contributed by atoms with Gasteiger partial charge in [0.25, 0.3) is 5.91 Å². The van der Waals surface area contributed by atoms with E-state index in [1.54, 1.807) is 47.8 Å². The van der Waals surface area contributed by atoms with Gasteiger partial charge in [-0.3, -0.25) is 20.4 Å². The van der Waals surface area contributed by atoms with Gasteiger partial charge in [-0.15, -0.1) is 11.3 Å². The minimum Gasteiger partial charge on any atom is -0.272 e. The van der Waals surface area contributed by atoms with Crippen molar-refractivity contribution in [2.45, 2.75) is 18.1 Å². The number of nitrogens with zero attached hydrogens (tertiary/aromatic N) is 2. The van der Waals surface area contributed by atoms with Gasteiger partial charge in [0.05, 0.1) is 27.5 Å². The fourth-order valence-corrected chi connectivity index (χ4v) is 4.07. The van der Waals surface area contributed by atoms with Crippen LogP contribution in [0.4, 0.5) is 13.2 Å². The van der Waals surface area contributed by atoms with Crippen molar-refractivity contribution >= 4 is 34.9 Å². The van der Waals surface area contributed by atoms with Crippen LogP contribution in [0.1, 0.15) is 27.0 Å². The molecule has 3 aromatic rings. The average molecular weight is 477 g/mol. The van der Waals surface area contributed by atoms with E-state index < -0.39 is 29.1 Å². The molecule has 0 spiro atoms. The molecule has 0 bridgehead atoms. The lowest BCUT2D eigenvalue weighted by molar-refractivity contribution is -0.138. The molecule has 0 radical (unpaired) electrons. The second-order valence-electron chi connectivity index (χ2n) is 6.48. The van der Waals surface area contributed by atoms with Crippen molar-refractivity contribution < 1.29 is 22.8 Å². The lowest BCUT2D eigenvalue weighted by atomic mass is 10.1. The van der Waals surface area contributed by atoms with Crippen LogP contribution >= 0.6 is 23.1 Å². The first kappa shape index (κ1) is 23.3. The van der Waals surface area contributed by atoms with E-state index in [-0.39, 0.29) is 16.5 Å². The summed E-state index contributed by atoms with van der Waals surface area (Å²) in [6.07, 6.45) is -4.76. The molecule has 2 N–H and O–H groups in total. The van der Waals surface area contributed by atoms with Crippen LogP contribution in [0.15, 0.2) is 52.9 Å². The Kier molecular flexibility index (Phi) is 7.17. The zero-order valence-corrected chi connectivity index (χ0v) is 18.1. The van der Waals surface area contributed by atoms with Crippen LogP contribution in [0, 0.1) is 18.3 Å².